The van der Waals surface area contributed by atoms with Gasteiger partial charge in [-0.05, 0) is 38.2 Å². The number of aliphatic hydroxyl groups is 4. The molecule has 0 bridgehead atoms. The molecule has 0 spiro atoms. The molecule has 0 radical (unpaired) electrons. The Morgan fingerprint density at radius 3 is 2.25 bits per heavy atom. The lowest BCUT2D eigenvalue weighted by molar-refractivity contribution is -0.328. The summed E-state index contributed by atoms with van der Waals surface area (Å²) in [6.45, 7) is 17.0. The first kappa shape index (κ1) is 38.2. The van der Waals surface area contributed by atoms with Crippen LogP contribution in [0.15, 0.2) is 47.3 Å². The van der Waals surface area contributed by atoms with Crippen molar-refractivity contribution in [2.45, 2.75) is 118 Å². The molecule has 0 aromatic rings. The molecule has 0 aliphatic carbocycles. The van der Waals surface area contributed by atoms with Gasteiger partial charge in [0.15, 0.2) is 5.79 Å². The normalized spacial score (nSPS) is 41.2. The van der Waals surface area contributed by atoms with E-state index in [9.17, 15) is 25.2 Å². The van der Waals surface area contributed by atoms with E-state index in [1.807, 2.05) is 66.7 Å². The molecule has 252 valence electrons. The van der Waals surface area contributed by atoms with Gasteiger partial charge in [-0.15, -0.1) is 0 Å². The van der Waals surface area contributed by atoms with E-state index in [0.717, 1.165) is 11.1 Å². The summed E-state index contributed by atoms with van der Waals surface area (Å²) < 4.78 is 23.4. The number of carbonyl (C=O) groups excluding carboxylic acids is 1. The maximum Gasteiger partial charge on any atom is 0.373 e. The highest BCUT2D eigenvalue weighted by molar-refractivity contribution is 5.87. The molecule has 12 atom stereocenters. The highest BCUT2D eigenvalue weighted by Crippen LogP contribution is 2.41. The number of hydrogen-bond acceptors (Lipinski definition) is 9. The average Bonchev–Trinajstić information content (AvgIpc) is 2.96. The number of carbonyl (C=O) groups is 1. The Morgan fingerprint density at radius 2 is 1.68 bits per heavy atom. The molecule has 2 rings (SSSR count). The molecule has 2 aliphatic heterocycles. The van der Waals surface area contributed by atoms with E-state index in [1.54, 1.807) is 26.0 Å². The van der Waals surface area contributed by atoms with Gasteiger partial charge in [0, 0.05) is 37.2 Å². The fraction of sp³-hybridized carbons (Fsp3) is 0.743. The second kappa shape index (κ2) is 16.5. The molecule has 1 unspecified atom stereocenters. The highest BCUT2D eigenvalue weighted by atomic mass is 16.6. The lowest BCUT2D eigenvalue weighted by Gasteiger charge is -2.49. The van der Waals surface area contributed by atoms with Crippen LogP contribution in [0.1, 0.15) is 75.2 Å². The second-order valence-corrected chi connectivity index (χ2v) is 13.6. The van der Waals surface area contributed by atoms with E-state index >= 15 is 0 Å². The van der Waals surface area contributed by atoms with E-state index in [0.29, 0.717) is 6.42 Å². The Labute approximate surface area is 264 Å². The van der Waals surface area contributed by atoms with Gasteiger partial charge in [0.25, 0.3) is 0 Å². The van der Waals surface area contributed by atoms with E-state index < -0.39 is 60.2 Å². The zero-order valence-corrected chi connectivity index (χ0v) is 28.6. The second-order valence-electron chi connectivity index (χ2n) is 13.6. The number of cyclic esters (lactones) is 1. The van der Waals surface area contributed by atoms with Gasteiger partial charge in [-0.2, -0.15) is 0 Å². The van der Waals surface area contributed by atoms with Crippen molar-refractivity contribution in [3.8, 4) is 0 Å². The fourth-order valence-electron chi connectivity index (χ4n) is 6.54. The molecule has 2 heterocycles. The molecule has 9 heteroatoms. The summed E-state index contributed by atoms with van der Waals surface area (Å²) in [6.07, 6.45) is 4.85. The molecule has 0 aromatic heterocycles. The van der Waals surface area contributed by atoms with Gasteiger partial charge >= 0.3 is 5.97 Å². The van der Waals surface area contributed by atoms with Gasteiger partial charge in [-0.25, -0.2) is 4.79 Å². The number of methoxy groups -OCH3 is 2. The topological polar surface area (TPSA) is 135 Å². The quantitative estimate of drug-likeness (QED) is 0.298. The average molecular weight is 623 g/mol. The van der Waals surface area contributed by atoms with E-state index in [-0.39, 0.29) is 35.9 Å². The van der Waals surface area contributed by atoms with Crippen LogP contribution < -0.4 is 0 Å². The van der Waals surface area contributed by atoms with Crippen LogP contribution in [-0.4, -0.2) is 83.0 Å². The van der Waals surface area contributed by atoms with E-state index in [1.165, 1.54) is 14.2 Å². The van der Waals surface area contributed by atoms with Crippen LogP contribution in [0.5, 0.6) is 0 Å². The summed E-state index contributed by atoms with van der Waals surface area (Å²) in [7, 11) is 2.87. The zero-order valence-electron chi connectivity index (χ0n) is 28.6. The van der Waals surface area contributed by atoms with E-state index in [4.69, 9.17) is 18.9 Å². The fourth-order valence-corrected chi connectivity index (χ4v) is 6.54. The monoisotopic (exact) mass is 622 g/mol. The molecule has 0 aromatic carbocycles. The van der Waals surface area contributed by atoms with Crippen molar-refractivity contribution in [3.05, 3.63) is 47.3 Å². The Morgan fingerprint density at radius 1 is 1.05 bits per heavy atom. The molecule has 1 fully saturated rings. The van der Waals surface area contributed by atoms with Crippen LogP contribution >= 0.6 is 0 Å². The molecule has 4 N–H and O–H groups in total. The van der Waals surface area contributed by atoms with Crippen molar-refractivity contribution in [2.24, 2.45) is 35.5 Å². The molecule has 1 saturated heterocycles. The Hall–Kier alpha value is -2.01. The van der Waals surface area contributed by atoms with E-state index in [2.05, 4.69) is 0 Å². The minimum absolute atomic E-state index is 0.00492. The standard InChI is InChI=1S/C35H58O9/c1-19(2)32-24(7)27(36)18-35(40,44-32)26(9)31(38)25(8)33-28(41-10)14-12-13-20(3)15-22(5)30(37)23(6)16-21(4)17-29(42-11)34(39)43-33/h12-14,16-17,19,22-28,30-33,36-38,40H,15,18H2,1-11H3/b14-12+,20-13+,21-16+,29-17-/t22-,23+,24-,25-,26-,27?,28-,30-,31+,32+,33+,35+/m0/s1. The molecule has 0 amide bonds. The summed E-state index contributed by atoms with van der Waals surface area (Å²) in [5, 5.41) is 45.0. The third kappa shape index (κ3) is 9.50. The summed E-state index contributed by atoms with van der Waals surface area (Å²) in [5.41, 5.74) is 1.78. The van der Waals surface area contributed by atoms with Gasteiger partial charge in [0.05, 0.1) is 31.5 Å². The largest absolute Gasteiger partial charge is 0.490 e. The Bertz CT molecular complexity index is 1060. The summed E-state index contributed by atoms with van der Waals surface area (Å²) in [4.78, 5) is 13.5. The van der Waals surface area contributed by atoms with Crippen LogP contribution in [0.4, 0.5) is 0 Å². The SMILES string of the molecule is CO/C1=C\C(C)=C\[C@@H](C)[C@@H](O)[C@@H](C)C/C(C)=C/C=C/[C@H](OC)[C@@H]([C@@H](C)[C@@H](O)[C@H](C)[C@@]2(O)CC(O)[C@H](C)[C@@H](C(C)C)O2)OC1=O. The van der Waals surface area contributed by atoms with Gasteiger partial charge in [0.2, 0.25) is 5.76 Å². The Kier molecular flexibility index (Phi) is 14.3. The number of allylic oxidation sites excluding steroid dienone is 5. The number of aliphatic hydroxyl groups excluding tert-OH is 3. The van der Waals surface area contributed by atoms with Crippen LogP contribution in [0.25, 0.3) is 0 Å². The van der Waals surface area contributed by atoms with Crippen LogP contribution in [0.2, 0.25) is 0 Å². The van der Waals surface area contributed by atoms with Crippen LogP contribution in [0.3, 0.4) is 0 Å². The van der Waals surface area contributed by atoms with Crippen molar-refractivity contribution in [1.29, 1.82) is 0 Å². The van der Waals surface area contributed by atoms with Crippen molar-refractivity contribution in [1.82, 2.24) is 0 Å². The number of ether oxygens (including phenoxy) is 4. The first-order valence-electron chi connectivity index (χ1n) is 15.9. The van der Waals surface area contributed by atoms with Crippen LogP contribution in [0, 0.1) is 35.5 Å². The number of rotatable bonds is 7. The summed E-state index contributed by atoms with van der Waals surface area (Å²) >= 11 is 0. The molecule has 9 nitrogen and oxygen atoms in total. The summed E-state index contributed by atoms with van der Waals surface area (Å²) in [6, 6.07) is 0. The molecular weight excluding hydrogens is 564 g/mol. The lowest BCUT2D eigenvalue weighted by atomic mass is 9.76. The number of hydrogen-bond donors (Lipinski definition) is 4. The summed E-state index contributed by atoms with van der Waals surface area (Å²) in [5.74, 6) is -4.49. The predicted molar refractivity (Wildman–Crippen MR) is 170 cm³/mol. The van der Waals surface area contributed by atoms with Crippen molar-refractivity contribution in [3.63, 3.8) is 0 Å². The zero-order chi connectivity index (χ0) is 33.5. The van der Waals surface area contributed by atoms with Gasteiger partial charge in [-0.1, -0.05) is 83.9 Å². The molecule has 0 saturated carbocycles. The maximum atomic E-state index is 13.5. The van der Waals surface area contributed by atoms with Gasteiger partial charge in [0.1, 0.15) is 12.2 Å². The molecule has 44 heavy (non-hydrogen) atoms. The highest BCUT2D eigenvalue weighted by Gasteiger charge is 2.51. The first-order valence-corrected chi connectivity index (χ1v) is 15.9. The van der Waals surface area contributed by atoms with Gasteiger partial charge < -0.3 is 39.4 Å². The third-order valence-corrected chi connectivity index (χ3v) is 9.50. The van der Waals surface area contributed by atoms with Crippen LogP contribution in [-0.2, 0) is 23.7 Å². The lowest BCUT2D eigenvalue weighted by Crippen LogP contribution is -2.59. The minimum atomic E-state index is -1.80. The Balaban J connectivity index is 2.52. The molecule has 2 aliphatic rings. The van der Waals surface area contributed by atoms with Crippen molar-refractivity contribution < 1.29 is 44.2 Å². The van der Waals surface area contributed by atoms with Crippen molar-refractivity contribution >= 4 is 5.97 Å². The first-order chi connectivity index (χ1) is 20.5. The third-order valence-electron chi connectivity index (χ3n) is 9.50. The maximum absolute atomic E-state index is 13.5. The van der Waals surface area contributed by atoms with Gasteiger partial charge in [-0.3, -0.25) is 0 Å². The smallest absolute Gasteiger partial charge is 0.373 e. The predicted octanol–water partition coefficient (Wildman–Crippen LogP) is 4.69. The minimum Gasteiger partial charge on any atom is -0.490 e. The number of esters is 1. The molecular formula is C35H58O9. The van der Waals surface area contributed by atoms with Crippen molar-refractivity contribution in [2.75, 3.05) is 14.2 Å².